The van der Waals surface area contributed by atoms with Gasteiger partial charge >= 0.3 is 0 Å². The molecule has 12 rings (SSSR count). The maximum absolute atomic E-state index is 6.60. The predicted octanol–water partition coefficient (Wildman–Crippen LogP) is 16.8. The van der Waals surface area contributed by atoms with Crippen LogP contribution in [0, 0.1) is 0 Å². The molecule has 3 nitrogen and oxygen atoms in total. The lowest BCUT2D eigenvalue weighted by molar-refractivity contribution is 0.669. The number of nitrogens with zero attached hydrogens (tertiary/aromatic N) is 1. The summed E-state index contributed by atoms with van der Waals surface area (Å²) in [6.45, 7) is 0. The van der Waals surface area contributed by atoms with Gasteiger partial charge in [0.1, 0.15) is 22.3 Å². The van der Waals surface area contributed by atoms with Crippen LogP contribution in [0.2, 0.25) is 0 Å². The number of fused-ring (bicyclic) bond motifs is 7. The second kappa shape index (κ2) is 14.3. The zero-order valence-electron chi connectivity index (χ0n) is 33.1. The van der Waals surface area contributed by atoms with Gasteiger partial charge in [-0.25, -0.2) is 0 Å². The van der Waals surface area contributed by atoms with Crippen molar-refractivity contribution in [3.63, 3.8) is 0 Å². The van der Waals surface area contributed by atoms with Crippen LogP contribution in [0.5, 0.6) is 0 Å². The minimum Gasteiger partial charge on any atom is -0.455 e. The van der Waals surface area contributed by atoms with Crippen molar-refractivity contribution in [2.24, 2.45) is 0 Å². The van der Waals surface area contributed by atoms with Crippen LogP contribution in [-0.2, 0) is 0 Å². The number of benzene rings is 10. The third-order valence-corrected chi connectivity index (χ3v) is 12.1. The second-order valence-electron chi connectivity index (χ2n) is 15.6. The number of para-hydroxylation sites is 5. The van der Waals surface area contributed by atoms with E-state index in [9.17, 15) is 0 Å². The fourth-order valence-electron chi connectivity index (χ4n) is 9.07. The third kappa shape index (κ3) is 5.98. The van der Waals surface area contributed by atoms with E-state index in [2.05, 4.69) is 205 Å². The molecule has 2 aromatic heterocycles. The van der Waals surface area contributed by atoms with Crippen molar-refractivity contribution < 1.29 is 8.83 Å². The van der Waals surface area contributed by atoms with Crippen LogP contribution in [0.1, 0.15) is 0 Å². The molecule has 0 radical (unpaired) electrons. The quantitative estimate of drug-likeness (QED) is 0.161. The second-order valence-corrected chi connectivity index (χ2v) is 15.6. The Balaban J connectivity index is 0.957. The van der Waals surface area contributed by atoms with Gasteiger partial charge in [0.25, 0.3) is 0 Å². The third-order valence-electron chi connectivity index (χ3n) is 12.1. The normalized spacial score (nSPS) is 11.6. The molecule has 0 unspecified atom stereocenters. The number of anilines is 3. The van der Waals surface area contributed by atoms with Crippen LogP contribution in [0.3, 0.4) is 0 Å². The Kier molecular flexibility index (Phi) is 8.17. The van der Waals surface area contributed by atoms with Gasteiger partial charge in [-0.3, -0.25) is 0 Å². The average molecular weight is 780 g/mol. The summed E-state index contributed by atoms with van der Waals surface area (Å²) in [7, 11) is 0. The van der Waals surface area contributed by atoms with Gasteiger partial charge in [0.2, 0.25) is 0 Å². The number of hydrogen-bond acceptors (Lipinski definition) is 3. The van der Waals surface area contributed by atoms with E-state index < -0.39 is 0 Å². The maximum atomic E-state index is 6.60. The van der Waals surface area contributed by atoms with Crippen molar-refractivity contribution in [1.29, 1.82) is 0 Å². The molecule has 0 bridgehead atoms. The summed E-state index contributed by atoms with van der Waals surface area (Å²) in [5, 5.41) is 6.97. The molecular weight excluding hydrogens is 743 g/mol. The highest BCUT2D eigenvalue weighted by atomic mass is 16.3. The Labute approximate surface area is 353 Å². The largest absolute Gasteiger partial charge is 0.455 e. The minimum absolute atomic E-state index is 0.882. The molecule has 0 spiro atoms. The lowest BCUT2D eigenvalue weighted by Gasteiger charge is -2.28. The van der Waals surface area contributed by atoms with Gasteiger partial charge in [-0.05, 0) is 87.1 Å². The highest BCUT2D eigenvalue weighted by molar-refractivity contribution is 6.11. The molecule has 10 aromatic carbocycles. The van der Waals surface area contributed by atoms with Crippen LogP contribution in [0.15, 0.2) is 233 Å². The fourth-order valence-corrected chi connectivity index (χ4v) is 9.07. The first-order valence-corrected chi connectivity index (χ1v) is 20.7. The molecular formula is C58H37NO2. The Morgan fingerprint density at radius 3 is 1.38 bits per heavy atom. The van der Waals surface area contributed by atoms with Crippen molar-refractivity contribution >= 4 is 71.7 Å². The highest BCUT2D eigenvalue weighted by Crippen LogP contribution is 2.45. The Morgan fingerprint density at radius 1 is 0.279 bits per heavy atom. The summed E-state index contributed by atoms with van der Waals surface area (Å²) in [6, 6.07) is 79.9. The highest BCUT2D eigenvalue weighted by Gasteiger charge is 2.21. The van der Waals surface area contributed by atoms with Crippen molar-refractivity contribution in [3.05, 3.63) is 224 Å². The Bertz CT molecular complexity index is 3580. The first-order chi connectivity index (χ1) is 30.2. The van der Waals surface area contributed by atoms with Crippen LogP contribution in [-0.4, -0.2) is 0 Å². The van der Waals surface area contributed by atoms with E-state index in [4.69, 9.17) is 8.83 Å². The van der Waals surface area contributed by atoms with Crippen LogP contribution >= 0.6 is 0 Å². The van der Waals surface area contributed by atoms with Gasteiger partial charge in [-0.15, -0.1) is 0 Å². The molecule has 12 aromatic rings. The molecule has 0 amide bonds. The first-order valence-electron chi connectivity index (χ1n) is 20.7. The fraction of sp³-hybridized carbons (Fsp3) is 0. The van der Waals surface area contributed by atoms with Crippen LogP contribution in [0.4, 0.5) is 17.1 Å². The van der Waals surface area contributed by atoms with E-state index in [1.54, 1.807) is 0 Å². The molecule has 0 saturated carbocycles. The summed E-state index contributed by atoms with van der Waals surface area (Å²) < 4.78 is 13.0. The Hall–Kier alpha value is -8.14. The van der Waals surface area contributed by atoms with E-state index in [1.807, 2.05) is 24.3 Å². The maximum Gasteiger partial charge on any atom is 0.143 e. The molecule has 0 aliphatic carbocycles. The summed E-state index contributed by atoms with van der Waals surface area (Å²) >= 11 is 0. The summed E-state index contributed by atoms with van der Waals surface area (Å²) in [5.74, 6) is 0. The van der Waals surface area contributed by atoms with Gasteiger partial charge < -0.3 is 13.7 Å². The number of furan rings is 2. The zero-order chi connectivity index (χ0) is 40.3. The number of hydrogen-bond donors (Lipinski definition) is 0. The van der Waals surface area contributed by atoms with E-state index in [1.165, 1.54) is 27.5 Å². The van der Waals surface area contributed by atoms with E-state index in [-0.39, 0.29) is 0 Å². The lowest BCUT2D eigenvalue weighted by atomic mass is 9.97. The van der Waals surface area contributed by atoms with Gasteiger partial charge in [0.15, 0.2) is 0 Å². The van der Waals surface area contributed by atoms with E-state index in [0.29, 0.717) is 0 Å². The van der Waals surface area contributed by atoms with Gasteiger partial charge in [-0.2, -0.15) is 0 Å². The molecule has 0 aliphatic heterocycles. The molecule has 0 fully saturated rings. The summed E-state index contributed by atoms with van der Waals surface area (Å²) in [6.07, 6.45) is 0. The monoisotopic (exact) mass is 779 g/mol. The molecule has 0 atom stereocenters. The van der Waals surface area contributed by atoms with Crippen molar-refractivity contribution in [2.75, 3.05) is 4.90 Å². The van der Waals surface area contributed by atoms with Crippen LogP contribution in [0.25, 0.3) is 99.2 Å². The topological polar surface area (TPSA) is 29.5 Å². The molecule has 61 heavy (non-hydrogen) atoms. The van der Waals surface area contributed by atoms with Gasteiger partial charge in [-0.1, -0.05) is 176 Å². The molecule has 3 heteroatoms. The standard InChI is InChI=1S/C58H37NO2/c1-2-12-43-37-44(28-27-38(43)11-1)41-25-23-39(24-26-41)40-29-33-45(34-30-40)59(46-35-31-42(32-36-46)47-16-9-18-52-49-14-4-7-21-55(49)60-57(47)52)54-20-6-3-13-48(54)51-17-10-19-53-50-15-5-8-22-56(50)61-58(51)53/h1-37H. The number of rotatable bonds is 7. The van der Waals surface area contributed by atoms with Crippen molar-refractivity contribution in [2.45, 2.75) is 0 Å². The lowest BCUT2D eigenvalue weighted by Crippen LogP contribution is -2.11. The van der Waals surface area contributed by atoms with Crippen molar-refractivity contribution in [3.8, 4) is 44.5 Å². The molecule has 0 N–H and O–H groups in total. The smallest absolute Gasteiger partial charge is 0.143 e. The summed E-state index contributed by atoms with van der Waals surface area (Å²) in [5.41, 5.74) is 15.7. The molecule has 2 heterocycles. The first kappa shape index (κ1) is 34.9. The van der Waals surface area contributed by atoms with E-state index >= 15 is 0 Å². The van der Waals surface area contributed by atoms with Crippen LogP contribution < -0.4 is 4.90 Å². The molecule has 0 aliphatic rings. The Morgan fingerprint density at radius 2 is 0.721 bits per heavy atom. The average Bonchev–Trinajstić information content (AvgIpc) is 3.91. The summed E-state index contributed by atoms with van der Waals surface area (Å²) in [4.78, 5) is 2.36. The zero-order valence-corrected chi connectivity index (χ0v) is 33.1. The van der Waals surface area contributed by atoms with E-state index in [0.717, 1.165) is 88.8 Å². The van der Waals surface area contributed by atoms with Gasteiger partial charge in [0, 0.05) is 49.6 Å². The predicted molar refractivity (Wildman–Crippen MR) is 255 cm³/mol. The SMILES string of the molecule is c1ccc(N(c2ccc(-c3ccc(-c4ccc5ccccc5c4)cc3)cc2)c2ccc(-c3cccc4c3oc3ccccc34)cc2)c(-c2cccc3c2oc2ccccc23)c1. The molecule has 0 saturated heterocycles. The van der Waals surface area contributed by atoms with Crippen molar-refractivity contribution in [1.82, 2.24) is 0 Å². The minimum atomic E-state index is 0.882. The molecule has 286 valence electrons. The van der Waals surface area contributed by atoms with Gasteiger partial charge in [0.05, 0.1) is 5.69 Å².